The molecule has 2 fully saturated rings. The molecule has 1 aromatic carbocycles. The van der Waals surface area contributed by atoms with Crippen LogP contribution in [0, 0.1) is 0 Å². The number of hydrogen-bond acceptors (Lipinski definition) is 7. The van der Waals surface area contributed by atoms with E-state index in [-0.39, 0.29) is 0 Å². The first kappa shape index (κ1) is 19.6. The maximum atomic E-state index is 13.6. The lowest BCUT2D eigenvalue weighted by molar-refractivity contribution is 0.0152. The second-order valence-electron chi connectivity index (χ2n) is 5.92. The van der Waals surface area contributed by atoms with E-state index in [1.807, 2.05) is 29.1 Å². The smallest absolute Gasteiger partial charge is 0.417 e. The van der Waals surface area contributed by atoms with Crippen LogP contribution in [-0.4, -0.2) is 69.2 Å². The van der Waals surface area contributed by atoms with Crippen LogP contribution in [-0.2, 0) is 14.0 Å². The lowest BCUT2D eigenvalue weighted by atomic mass is 10.3. The van der Waals surface area contributed by atoms with Gasteiger partial charge in [-0.2, -0.15) is 10.4 Å². The summed E-state index contributed by atoms with van der Waals surface area (Å²) in [5.74, 6) is 0.988. The Morgan fingerprint density at radius 1 is 0.962 bits per heavy atom. The summed E-state index contributed by atoms with van der Waals surface area (Å²) in [5, 5.41) is 9.79. The van der Waals surface area contributed by atoms with Gasteiger partial charge < -0.3 is 18.7 Å². The van der Waals surface area contributed by atoms with Crippen LogP contribution in [0.4, 0.5) is 0 Å². The number of nitrogens with one attached hydrogen (secondary N) is 2. The minimum absolute atomic E-state index is 0.430. The van der Waals surface area contributed by atoms with Crippen LogP contribution in [0.1, 0.15) is 6.92 Å². The fraction of sp³-hybridized carbons (Fsp3) is 0.625. The van der Waals surface area contributed by atoms with Crippen LogP contribution in [0.3, 0.4) is 0 Å². The molecule has 2 heterocycles. The van der Waals surface area contributed by atoms with Crippen LogP contribution in [0.2, 0.25) is 0 Å². The lowest BCUT2D eigenvalue weighted by Crippen LogP contribution is -2.51. The average molecular weight is 386 g/mol. The molecule has 10 heteroatoms. The highest BCUT2D eigenvalue weighted by molar-refractivity contribution is 7.54. The number of para-hydroxylation sites is 2. The maximum Gasteiger partial charge on any atom is 0.417 e. The first-order valence-electron chi connectivity index (χ1n) is 8.91. The van der Waals surface area contributed by atoms with Gasteiger partial charge in [-0.3, -0.25) is 0 Å². The molecule has 0 spiro atoms. The Morgan fingerprint density at radius 3 is 1.96 bits per heavy atom. The zero-order valence-corrected chi connectivity index (χ0v) is 16.0. The van der Waals surface area contributed by atoms with Crippen molar-refractivity contribution in [3.63, 3.8) is 0 Å². The Labute approximate surface area is 154 Å². The van der Waals surface area contributed by atoms with E-state index in [4.69, 9.17) is 18.7 Å². The molecular formula is C16H27N4O5P. The Kier molecular flexibility index (Phi) is 7.27. The highest BCUT2D eigenvalue weighted by Crippen LogP contribution is 2.43. The van der Waals surface area contributed by atoms with Gasteiger partial charge in [-0.25, -0.2) is 14.6 Å². The third kappa shape index (κ3) is 5.65. The van der Waals surface area contributed by atoms with Gasteiger partial charge in [-0.05, 0) is 19.1 Å². The third-order valence-electron chi connectivity index (χ3n) is 3.94. The molecule has 0 aliphatic carbocycles. The quantitative estimate of drug-likeness (QED) is 0.641. The van der Waals surface area contributed by atoms with E-state index in [9.17, 15) is 4.57 Å². The predicted octanol–water partition coefficient (Wildman–Crippen LogP) is 1.25. The normalized spacial score (nSPS) is 20.0. The van der Waals surface area contributed by atoms with Gasteiger partial charge in [0.1, 0.15) is 0 Å². The van der Waals surface area contributed by atoms with E-state index in [0.29, 0.717) is 70.7 Å². The molecule has 0 unspecified atom stereocenters. The van der Waals surface area contributed by atoms with Gasteiger partial charge in [0.05, 0.1) is 33.0 Å². The zero-order valence-electron chi connectivity index (χ0n) is 15.1. The van der Waals surface area contributed by atoms with Crippen molar-refractivity contribution in [3.8, 4) is 11.5 Å². The molecule has 0 radical (unpaired) electrons. The zero-order chi connectivity index (χ0) is 18.2. The van der Waals surface area contributed by atoms with E-state index < -0.39 is 7.67 Å². The van der Waals surface area contributed by atoms with Crippen molar-refractivity contribution in [1.82, 2.24) is 20.4 Å². The standard InChI is InChI=1S/C16H27N4O5P/c1-2-24-15-5-3-4-6-16(15)25-26(21,17-19-7-11-22-12-8-19)18-20-9-13-23-14-10-20/h3-6H,2,7-14H2,1H3,(H2,17,18,21). The highest BCUT2D eigenvalue weighted by Gasteiger charge is 2.32. The molecule has 2 aliphatic heterocycles. The summed E-state index contributed by atoms with van der Waals surface area (Å²) < 4.78 is 35.8. The summed E-state index contributed by atoms with van der Waals surface area (Å²) >= 11 is 0. The van der Waals surface area contributed by atoms with Crippen LogP contribution in [0.15, 0.2) is 24.3 Å². The van der Waals surface area contributed by atoms with Gasteiger partial charge >= 0.3 is 7.67 Å². The Balaban J connectivity index is 1.76. The van der Waals surface area contributed by atoms with Gasteiger partial charge in [0.15, 0.2) is 11.5 Å². The van der Waals surface area contributed by atoms with Crippen LogP contribution >= 0.6 is 7.67 Å². The number of nitrogens with zero attached hydrogens (tertiary/aromatic N) is 2. The van der Waals surface area contributed by atoms with Crippen molar-refractivity contribution in [1.29, 1.82) is 0 Å². The van der Waals surface area contributed by atoms with Crippen molar-refractivity contribution in [3.05, 3.63) is 24.3 Å². The van der Waals surface area contributed by atoms with Gasteiger partial charge in [0.2, 0.25) is 0 Å². The van der Waals surface area contributed by atoms with Crippen molar-refractivity contribution in [2.75, 3.05) is 59.2 Å². The topological polar surface area (TPSA) is 84.5 Å². The maximum absolute atomic E-state index is 13.6. The number of hydrogen-bond donors (Lipinski definition) is 2. The molecule has 0 bridgehead atoms. The number of rotatable bonds is 8. The highest BCUT2D eigenvalue weighted by atomic mass is 31.2. The summed E-state index contributed by atoms with van der Waals surface area (Å²) in [4.78, 5) is 0. The summed E-state index contributed by atoms with van der Waals surface area (Å²) in [6.45, 7) is 7.25. The Hall–Kier alpha value is -1.19. The SMILES string of the molecule is CCOc1ccccc1OP(=O)(NN1CCOCC1)NN1CCOCC1. The molecular weight excluding hydrogens is 359 g/mol. The molecule has 0 atom stereocenters. The average Bonchev–Trinajstić information content (AvgIpc) is 2.65. The van der Waals surface area contributed by atoms with Gasteiger partial charge in [0, 0.05) is 26.2 Å². The molecule has 0 aromatic heterocycles. The van der Waals surface area contributed by atoms with Gasteiger partial charge in [0.25, 0.3) is 0 Å². The van der Waals surface area contributed by atoms with Gasteiger partial charge in [-0.15, -0.1) is 0 Å². The largest absolute Gasteiger partial charge is 0.490 e. The molecule has 1 aromatic rings. The van der Waals surface area contributed by atoms with E-state index in [2.05, 4.69) is 10.4 Å². The number of hydrazine groups is 2. The second-order valence-corrected chi connectivity index (χ2v) is 7.61. The molecule has 0 saturated carbocycles. The number of ether oxygens (including phenoxy) is 3. The Morgan fingerprint density at radius 2 is 1.46 bits per heavy atom. The molecule has 2 aliphatic rings. The minimum atomic E-state index is -3.47. The fourth-order valence-corrected chi connectivity index (χ4v) is 4.40. The van der Waals surface area contributed by atoms with Crippen molar-refractivity contribution < 1.29 is 23.3 Å². The Bertz CT molecular complexity index is 584. The summed E-state index contributed by atoms with van der Waals surface area (Å²) in [5.41, 5.74) is 0. The summed E-state index contributed by atoms with van der Waals surface area (Å²) in [6.07, 6.45) is 0. The van der Waals surface area contributed by atoms with Gasteiger partial charge in [-0.1, -0.05) is 12.1 Å². The van der Waals surface area contributed by atoms with Crippen LogP contribution in [0.5, 0.6) is 11.5 Å². The number of benzene rings is 1. The lowest BCUT2D eigenvalue weighted by Gasteiger charge is -2.35. The predicted molar refractivity (Wildman–Crippen MR) is 96.9 cm³/mol. The first-order chi connectivity index (χ1) is 12.7. The van der Waals surface area contributed by atoms with Crippen molar-refractivity contribution in [2.45, 2.75) is 6.92 Å². The fourth-order valence-electron chi connectivity index (χ4n) is 2.70. The summed E-state index contributed by atoms with van der Waals surface area (Å²) in [7, 11) is -3.47. The van der Waals surface area contributed by atoms with Crippen LogP contribution < -0.4 is 19.7 Å². The third-order valence-corrected chi connectivity index (χ3v) is 5.49. The van der Waals surface area contributed by atoms with E-state index in [1.165, 1.54) is 0 Å². The summed E-state index contributed by atoms with van der Waals surface area (Å²) in [6, 6.07) is 7.23. The monoisotopic (exact) mass is 386 g/mol. The van der Waals surface area contributed by atoms with E-state index in [0.717, 1.165) is 0 Å². The minimum Gasteiger partial charge on any atom is -0.490 e. The molecule has 2 N–H and O–H groups in total. The molecule has 0 amide bonds. The molecule has 2 saturated heterocycles. The first-order valence-corrected chi connectivity index (χ1v) is 10.5. The van der Waals surface area contributed by atoms with E-state index in [1.54, 1.807) is 12.1 Å². The van der Waals surface area contributed by atoms with E-state index >= 15 is 0 Å². The molecule has 9 nitrogen and oxygen atoms in total. The number of morpholine rings is 2. The molecule has 3 rings (SSSR count). The molecule has 26 heavy (non-hydrogen) atoms. The molecule has 146 valence electrons. The second kappa shape index (κ2) is 9.66. The van der Waals surface area contributed by atoms with Crippen molar-refractivity contribution in [2.24, 2.45) is 0 Å². The van der Waals surface area contributed by atoms with Crippen LogP contribution in [0.25, 0.3) is 0 Å². The van der Waals surface area contributed by atoms with Crippen molar-refractivity contribution >= 4 is 7.67 Å².